The largest absolute Gasteiger partial charge is 0.455 e. The molecule has 0 saturated carbocycles. The Bertz CT molecular complexity index is 3950. The molecule has 4 nitrogen and oxygen atoms in total. The van der Waals surface area contributed by atoms with Gasteiger partial charge in [0, 0.05) is 53.2 Å². The van der Waals surface area contributed by atoms with E-state index in [0.717, 1.165) is 77.0 Å². The molecule has 0 aliphatic heterocycles. The molecule has 0 saturated heterocycles. The maximum Gasteiger partial charge on any atom is 0.164 e. The minimum Gasteiger partial charge on any atom is -0.455 e. The van der Waals surface area contributed by atoms with E-state index in [1.54, 1.807) is 11.3 Å². The Balaban J connectivity index is 1.00. The molecule has 0 fully saturated rings. The van der Waals surface area contributed by atoms with Crippen molar-refractivity contribution in [3.8, 4) is 67.5 Å². The number of furan rings is 1. The third-order valence-corrected chi connectivity index (χ3v) is 13.7. The summed E-state index contributed by atoms with van der Waals surface area (Å²) < 4.78 is 9.43. The van der Waals surface area contributed by atoms with Crippen LogP contribution in [-0.2, 0) is 0 Å². The third-order valence-electron chi connectivity index (χ3n) is 12.5. The molecule has 13 rings (SSSR count). The lowest BCUT2D eigenvalue weighted by molar-refractivity contribution is 0.670. The van der Waals surface area contributed by atoms with Gasteiger partial charge in [0.25, 0.3) is 0 Å². The van der Waals surface area contributed by atoms with Gasteiger partial charge in [0.15, 0.2) is 17.5 Å². The summed E-state index contributed by atoms with van der Waals surface area (Å²) in [4.78, 5) is 15.6. The van der Waals surface area contributed by atoms with Crippen molar-refractivity contribution < 1.29 is 4.42 Å². The second-order valence-corrected chi connectivity index (χ2v) is 17.4. The van der Waals surface area contributed by atoms with Crippen LogP contribution >= 0.6 is 11.3 Å². The van der Waals surface area contributed by atoms with Crippen LogP contribution in [0.4, 0.5) is 0 Å². The molecular weight excluding hydrogens is 799 g/mol. The van der Waals surface area contributed by atoms with Crippen LogP contribution in [0.3, 0.4) is 0 Å². The fraction of sp³-hybridized carbons (Fsp3) is 0. The molecule has 0 bridgehead atoms. The quantitative estimate of drug-likeness (QED) is 0.167. The van der Waals surface area contributed by atoms with Crippen LogP contribution in [0.2, 0.25) is 0 Å². The summed E-state index contributed by atoms with van der Waals surface area (Å²) in [5.41, 5.74) is 11.3. The Hall–Kier alpha value is -8.25. The van der Waals surface area contributed by atoms with Crippen molar-refractivity contribution in [2.45, 2.75) is 0 Å². The van der Waals surface area contributed by atoms with Gasteiger partial charge in [-0.25, -0.2) is 15.0 Å². The first-order chi connectivity index (χ1) is 31.7. The normalized spacial score (nSPS) is 11.8. The summed E-state index contributed by atoms with van der Waals surface area (Å²) in [5.74, 6) is 1.90. The number of thiophene rings is 1. The molecule has 3 heterocycles. The zero-order valence-electron chi connectivity index (χ0n) is 34.4. The van der Waals surface area contributed by atoms with Crippen LogP contribution in [0.25, 0.3) is 131 Å². The lowest BCUT2D eigenvalue weighted by atomic mass is 9.90. The molecule has 13 aromatic rings. The van der Waals surface area contributed by atoms with Crippen molar-refractivity contribution in [1.29, 1.82) is 0 Å². The molecule has 3 aromatic heterocycles. The predicted octanol–water partition coefficient (Wildman–Crippen LogP) is 16.4. The molecule has 0 amide bonds. The van der Waals surface area contributed by atoms with Crippen LogP contribution < -0.4 is 0 Å². The number of hydrogen-bond donors (Lipinski definition) is 0. The fourth-order valence-electron chi connectivity index (χ4n) is 9.43. The van der Waals surface area contributed by atoms with E-state index < -0.39 is 0 Å². The minimum atomic E-state index is 0.628. The Labute approximate surface area is 372 Å². The molecule has 298 valence electrons. The topological polar surface area (TPSA) is 51.8 Å². The molecule has 0 spiro atoms. The number of fused-ring (bicyclic) bond motifs is 8. The van der Waals surface area contributed by atoms with Crippen molar-refractivity contribution in [3.63, 3.8) is 0 Å². The van der Waals surface area contributed by atoms with Crippen LogP contribution in [0.15, 0.2) is 217 Å². The minimum absolute atomic E-state index is 0.628. The molecule has 0 unspecified atom stereocenters. The highest BCUT2D eigenvalue weighted by molar-refractivity contribution is 7.25. The maximum absolute atomic E-state index is 6.96. The number of hydrogen-bond acceptors (Lipinski definition) is 5. The summed E-state index contributed by atoms with van der Waals surface area (Å²) in [6.45, 7) is 0. The van der Waals surface area contributed by atoms with Gasteiger partial charge in [0.05, 0.1) is 0 Å². The van der Waals surface area contributed by atoms with Crippen molar-refractivity contribution in [3.05, 3.63) is 212 Å². The zero-order valence-corrected chi connectivity index (χ0v) is 35.2. The van der Waals surface area contributed by atoms with Crippen molar-refractivity contribution in [2.75, 3.05) is 0 Å². The molecular formula is C59H35N3OS. The smallest absolute Gasteiger partial charge is 0.164 e. The first kappa shape index (κ1) is 36.4. The van der Waals surface area contributed by atoms with E-state index in [1.807, 2.05) is 18.2 Å². The highest BCUT2D eigenvalue weighted by Gasteiger charge is 2.22. The van der Waals surface area contributed by atoms with E-state index in [2.05, 4.69) is 194 Å². The van der Waals surface area contributed by atoms with Gasteiger partial charge in [-0.05, 0) is 85.8 Å². The molecule has 0 N–H and O–H groups in total. The van der Waals surface area contributed by atoms with Crippen LogP contribution in [-0.4, -0.2) is 15.0 Å². The summed E-state index contributed by atoms with van der Waals surface area (Å²) in [6.07, 6.45) is 0. The fourth-order valence-corrected chi connectivity index (χ4v) is 10.6. The standard InChI is InChI=1S/C59H35N3OS/c1-3-13-36(14-4-1)37-23-25-38(26-24-37)43-29-31-49(55-51-33-40-17-7-8-18-41(40)34-52(51)63-56(43)55)46-30-32-50(45-20-10-9-19-44(45)46)59-61-57(39-15-5-2-6-16-39)60-58(62-59)42-27-28-48-47-21-11-12-22-53(47)64-54(48)35-42/h1-35H. The van der Waals surface area contributed by atoms with E-state index in [-0.39, 0.29) is 0 Å². The van der Waals surface area contributed by atoms with Gasteiger partial charge < -0.3 is 4.42 Å². The van der Waals surface area contributed by atoms with Crippen LogP contribution in [0.1, 0.15) is 0 Å². The van der Waals surface area contributed by atoms with Crippen molar-refractivity contribution >= 4 is 75.0 Å². The first-order valence-corrected chi connectivity index (χ1v) is 22.3. The van der Waals surface area contributed by atoms with Crippen molar-refractivity contribution in [2.24, 2.45) is 0 Å². The first-order valence-electron chi connectivity index (χ1n) is 21.5. The average Bonchev–Trinajstić information content (AvgIpc) is 3.93. The van der Waals surface area contributed by atoms with Gasteiger partial charge in [0.2, 0.25) is 0 Å². The van der Waals surface area contributed by atoms with E-state index in [4.69, 9.17) is 19.4 Å². The SMILES string of the molecule is c1ccc(-c2ccc(-c3ccc(-c4ccc(-c5nc(-c6ccccc6)nc(-c6ccc7c(c6)sc6ccccc67)n5)c5ccccc45)c4c3oc3cc5ccccc5cc34)cc2)cc1. The molecule has 0 aliphatic rings. The van der Waals surface area contributed by atoms with Gasteiger partial charge in [-0.3, -0.25) is 0 Å². The highest BCUT2D eigenvalue weighted by Crippen LogP contribution is 2.46. The molecule has 0 atom stereocenters. The molecule has 5 heteroatoms. The van der Waals surface area contributed by atoms with Crippen LogP contribution in [0.5, 0.6) is 0 Å². The second-order valence-electron chi connectivity index (χ2n) is 16.3. The third kappa shape index (κ3) is 6.01. The maximum atomic E-state index is 6.96. The molecule has 10 aromatic carbocycles. The van der Waals surface area contributed by atoms with Crippen LogP contribution in [0, 0.1) is 0 Å². The molecule has 0 aliphatic carbocycles. The van der Waals surface area contributed by atoms with Gasteiger partial charge in [-0.1, -0.05) is 176 Å². The number of nitrogens with zero attached hydrogens (tertiary/aromatic N) is 3. The number of aromatic nitrogens is 3. The van der Waals surface area contributed by atoms with E-state index in [1.165, 1.54) is 36.7 Å². The van der Waals surface area contributed by atoms with E-state index in [9.17, 15) is 0 Å². The molecule has 64 heavy (non-hydrogen) atoms. The van der Waals surface area contributed by atoms with Gasteiger partial charge in [-0.15, -0.1) is 11.3 Å². The van der Waals surface area contributed by atoms with Gasteiger partial charge in [-0.2, -0.15) is 0 Å². The summed E-state index contributed by atoms with van der Waals surface area (Å²) >= 11 is 1.80. The Kier molecular flexibility index (Phi) is 8.36. The Morgan fingerprint density at radius 2 is 0.844 bits per heavy atom. The average molecular weight is 834 g/mol. The Morgan fingerprint density at radius 1 is 0.312 bits per heavy atom. The second kappa shape index (κ2) is 14.7. The van der Waals surface area contributed by atoms with E-state index >= 15 is 0 Å². The molecule has 0 radical (unpaired) electrons. The van der Waals surface area contributed by atoms with Gasteiger partial charge >= 0.3 is 0 Å². The number of benzene rings is 10. The lowest BCUT2D eigenvalue weighted by Crippen LogP contribution is -2.00. The zero-order chi connectivity index (χ0) is 42.1. The summed E-state index contributed by atoms with van der Waals surface area (Å²) in [6, 6.07) is 75.1. The predicted molar refractivity (Wildman–Crippen MR) is 268 cm³/mol. The van der Waals surface area contributed by atoms with Crippen molar-refractivity contribution in [1.82, 2.24) is 15.0 Å². The van der Waals surface area contributed by atoms with E-state index in [0.29, 0.717) is 17.5 Å². The lowest BCUT2D eigenvalue weighted by Gasteiger charge is -2.14. The Morgan fingerprint density at radius 3 is 1.62 bits per heavy atom. The summed E-state index contributed by atoms with van der Waals surface area (Å²) in [5, 5.41) is 9.17. The summed E-state index contributed by atoms with van der Waals surface area (Å²) in [7, 11) is 0. The van der Waals surface area contributed by atoms with Gasteiger partial charge in [0.1, 0.15) is 11.2 Å². The number of rotatable bonds is 6. The monoisotopic (exact) mass is 833 g/mol. The highest BCUT2D eigenvalue weighted by atomic mass is 32.1.